The highest BCUT2D eigenvalue weighted by atomic mass is 79.9. The quantitative estimate of drug-likeness (QED) is 0.850. The van der Waals surface area contributed by atoms with Crippen molar-refractivity contribution in [3.63, 3.8) is 0 Å². The van der Waals surface area contributed by atoms with Crippen LogP contribution in [0.2, 0.25) is 5.02 Å². The summed E-state index contributed by atoms with van der Waals surface area (Å²) in [6, 6.07) is 12.2. The van der Waals surface area contributed by atoms with Crippen molar-refractivity contribution in [3.8, 4) is 11.5 Å². The Hall–Kier alpha value is -1.23. The highest BCUT2D eigenvalue weighted by molar-refractivity contribution is 9.10. The molecule has 110 valence electrons. The summed E-state index contributed by atoms with van der Waals surface area (Å²) in [5.41, 5.74) is 2.35. The van der Waals surface area contributed by atoms with E-state index in [-0.39, 0.29) is 6.04 Å². The second-order valence-electron chi connectivity index (χ2n) is 4.96. The Bertz CT molecular complexity index is 663. The van der Waals surface area contributed by atoms with Gasteiger partial charge in [0, 0.05) is 17.1 Å². The van der Waals surface area contributed by atoms with Crippen LogP contribution in [0.5, 0.6) is 11.5 Å². The number of rotatable bonds is 4. The van der Waals surface area contributed by atoms with Gasteiger partial charge in [-0.05, 0) is 58.2 Å². The van der Waals surface area contributed by atoms with Crippen LogP contribution in [-0.2, 0) is 6.54 Å². The average molecular weight is 369 g/mol. The lowest BCUT2D eigenvalue weighted by Gasteiger charge is -2.15. The number of nitrogens with one attached hydrogen (secondary N) is 1. The molecule has 2 aromatic carbocycles. The molecule has 0 fully saturated rings. The fourth-order valence-corrected chi connectivity index (χ4v) is 2.76. The van der Waals surface area contributed by atoms with E-state index in [1.54, 1.807) is 0 Å². The van der Waals surface area contributed by atoms with Crippen LogP contribution in [0.15, 0.2) is 40.9 Å². The summed E-state index contributed by atoms with van der Waals surface area (Å²) in [6.07, 6.45) is 0. The van der Waals surface area contributed by atoms with Crippen LogP contribution in [0.25, 0.3) is 0 Å². The van der Waals surface area contributed by atoms with E-state index in [1.807, 2.05) is 30.3 Å². The lowest BCUT2D eigenvalue weighted by molar-refractivity contribution is 0.174. The maximum atomic E-state index is 6.00. The molecule has 1 aliphatic heterocycles. The standard InChI is InChI=1S/C16H15BrClNO2/c1-10(12-3-5-15-16(7-12)21-9-20-15)19-8-11-2-4-14(18)13(17)6-11/h2-7,10,19H,8-9H2,1H3. The third-order valence-corrected chi connectivity index (χ3v) is 4.71. The first-order chi connectivity index (χ1) is 10.1. The molecule has 0 spiro atoms. The van der Waals surface area contributed by atoms with Crippen molar-refractivity contribution in [1.82, 2.24) is 5.32 Å². The molecule has 1 atom stereocenters. The second kappa shape index (κ2) is 6.26. The van der Waals surface area contributed by atoms with Crippen LogP contribution in [0.1, 0.15) is 24.1 Å². The van der Waals surface area contributed by atoms with E-state index in [4.69, 9.17) is 21.1 Å². The first-order valence-corrected chi connectivity index (χ1v) is 7.87. The van der Waals surface area contributed by atoms with Crippen LogP contribution < -0.4 is 14.8 Å². The zero-order valence-electron chi connectivity index (χ0n) is 11.5. The molecule has 3 nitrogen and oxygen atoms in total. The molecule has 1 heterocycles. The fourth-order valence-electron chi connectivity index (χ4n) is 2.22. The molecule has 21 heavy (non-hydrogen) atoms. The minimum absolute atomic E-state index is 0.217. The normalized spacial score (nSPS) is 14.2. The van der Waals surface area contributed by atoms with Crippen LogP contribution in [0, 0.1) is 0 Å². The molecule has 0 saturated heterocycles. The van der Waals surface area contributed by atoms with Crippen LogP contribution in [0.3, 0.4) is 0 Å². The lowest BCUT2D eigenvalue weighted by atomic mass is 10.1. The summed E-state index contributed by atoms with van der Waals surface area (Å²) in [5.74, 6) is 1.63. The topological polar surface area (TPSA) is 30.5 Å². The highest BCUT2D eigenvalue weighted by Gasteiger charge is 2.15. The predicted octanol–water partition coefficient (Wildman–Crippen LogP) is 4.68. The summed E-state index contributed by atoms with van der Waals surface area (Å²) in [7, 11) is 0. The van der Waals surface area contributed by atoms with Gasteiger partial charge in [0.2, 0.25) is 6.79 Å². The minimum Gasteiger partial charge on any atom is -0.454 e. The first-order valence-electron chi connectivity index (χ1n) is 6.70. The Morgan fingerprint density at radius 1 is 1.19 bits per heavy atom. The van der Waals surface area contributed by atoms with Gasteiger partial charge in [0.1, 0.15) is 0 Å². The van der Waals surface area contributed by atoms with Gasteiger partial charge in [0.25, 0.3) is 0 Å². The molecule has 0 aromatic heterocycles. The zero-order chi connectivity index (χ0) is 14.8. The summed E-state index contributed by atoms with van der Waals surface area (Å²) in [5, 5.41) is 4.22. The van der Waals surface area contributed by atoms with Crippen molar-refractivity contribution in [2.75, 3.05) is 6.79 Å². The molecule has 0 bridgehead atoms. The Morgan fingerprint density at radius 2 is 2.00 bits per heavy atom. The molecule has 3 rings (SSSR count). The maximum absolute atomic E-state index is 6.00. The Balaban J connectivity index is 1.66. The molecule has 5 heteroatoms. The van der Waals surface area contributed by atoms with Gasteiger partial charge >= 0.3 is 0 Å². The number of benzene rings is 2. The van der Waals surface area contributed by atoms with E-state index in [2.05, 4.69) is 34.2 Å². The molecular weight excluding hydrogens is 354 g/mol. The van der Waals surface area contributed by atoms with Gasteiger partial charge < -0.3 is 14.8 Å². The molecule has 1 N–H and O–H groups in total. The van der Waals surface area contributed by atoms with E-state index in [0.29, 0.717) is 6.79 Å². The van der Waals surface area contributed by atoms with Crippen molar-refractivity contribution in [2.45, 2.75) is 19.5 Å². The number of fused-ring (bicyclic) bond motifs is 1. The summed E-state index contributed by atoms with van der Waals surface area (Å²) < 4.78 is 11.7. The van der Waals surface area contributed by atoms with Gasteiger partial charge in [0.05, 0.1) is 5.02 Å². The zero-order valence-corrected chi connectivity index (χ0v) is 13.9. The van der Waals surface area contributed by atoms with Crippen molar-refractivity contribution in [3.05, 3.63) is 57.0 Å². The third kappa shape index (κ3) is 3.34. The molecule has 0 saturated carbocycles. The number of hydrogen-bond acceptors (Lipinski definition) is 3. The SMILES string of the molecule is CC(NCc1ccc(Cl)c(Br)c1)c1ccc2c(c1)OCO2. The van der Waals surface area contributed by atoms with E-state index in [0.717, 1.165) is 27.5 Å². The van der Waals surface area contributed by atoms with Crippen LogP contribution >= 0.6 is 27.5 Å². The molecular formula is C16H15BrClNO2. The van der Waals surface area contributed by atoms with Gasteiger partial charge in [-0.3, -0.25) is 0 Å². The number of halogens is 2. The van der Waals surface area contributed by atoms with E-state index in [9.17, 15) is 0 Å². The fraction of sp³-hybridized carbons (Fsp3) is 0.250. The van der Waals surface area contributed by atoms with Crippen LogP contribution in [0.4, 0.5) is 0 Å². The van der Waals surface area contributed by atoms with E-state index >= 15 is 0 Å². The van der Waals surface area contributed by atoms with Crippen molar-refractivity contribution in [2.24, 2.45) is 0 Å². The third-order valence-electron chi connectivity index (χ3n) is 3.49. The summed E-state index contributed by atoms with van der Waals surface area (Å²) >= 11 is 9.44. The predicted molar refractivity (Wildman–Crippen MR) is 87.0 cm³/mol. The molecule has 2 aromatic rings. The number of hydrogen-bond donors (Lipinski definition) is 1. The highest BCUT2D eigenvalue weighted by Crippen LogP contribution is 2.34. The monoisotopic (exact) mass is 367 g/mol. The second-order valence-corrected chi connectivity index (χ2v) is 6.23. The number of ether oxygens (including phenoxy) is 2. The Kier molecular flexibility index (Phi) is 4.38. The molecule has 0 amide bonds. The van der Waals surface area contributed by atoms with Gasteiger partial charge in [0.15, 0.2) is 11.5 Å². The minimum atomic E-state index is 0.217. The van der Waals surface area contributed by atoms with Crippen LogP contribution in [-0.4, -0.2) is 6.79 Å². The summed E-state index contributed by atoms with van der Waals surface area (Å²) in [4.78, 5) is 0. The molecule has 0 aliphatic carbocycles. The van der Waals surface area contributed by atoms with Crippen molar-refractivity contribution in [1.29, 1.82) is 0 Å². The molecule has 0 radical (unpaired) electrons. The van der Waals surface area contributed by atoms with Crippen molar-refractivity contribution < 1.29 is 9.47 Å². The molecule has 1 aliphatic rings. The largest absolute Gasteiger partial charge is 0.454 e. The Morgan fingerprint density at radius 3 is 2.81 bits per heavy atom. The van der Waals surface area contributed by atoms with Gasteiger partial charge in [-0.25, -0.2) is 0 Å². The Labute approximate surface area is 137 Å². The van der Waals surface area contributed by atoms with Gasteiger partial charge in [-0.1, -0.05) is 23.7 Å². The smallest absolute Gasteiger partial charge is 0.231 e. The van der Waals surface area contributed by atoms with Gasteiger partial charge in [-0.2, -0.15) is 0 Å². The van der Waals surface area contributed by atoms with Crippen molar-refractivity contribution >= 4 is 27.5 Å². The summed E-state index contributed by atoms with van der Waals surface area (Å²) in [6.45, 7) is 3.20. The van der Waals surface area contributed by atoms with Gasteiger partial charge in [-0.15, -0.1) is 0 Å². The lowest BCUT2D eigenvalue weighted by Crippen LogP contribution is -2.18. The maximum Gasteiger partial charge on any atom is 0.231 e. The first kappa shape index (κ1) is 14.7. The van der Waals surface area contributed by atoms with E-state index < -0.39 is 0 Å². The molecule has 1 unspecified atom stereocenters. The average Bonchev–Trinajstić information content (AvgIpc) is 2.95. The van der Waals surface area contributed by atoms with E-state index in [1.165, 1.54) is 11.1 Å².